The average Bonchev–Trinajstić information content (AvgIpc) is 3.02. The molecule has 3 aromatic rings. The lowest BCUT2D eigenvalue weighted by Gasteiger charge is -2.10. The van der Waals surface area contributed by atoms with Crippen LogP contribution in [0.5, 0.6) is 0 Å². The zero-order valence-corrected chi connectivity index (χ0v) is 14.0. The van der Waals surface area contributed by atoms with E-state index in [4.69, 9.17) is 0 Å². The molecule has 0 atom stereocenters. The van der Waals surface area contributed by atoms with Gasteiger partial charge in [-0.2, -0.15) is 0 Å². The highest BCUT2D eigenvalue weighted by atomic mass is 16.1. The molecule has 0 aliphatic carbocycles. The number of nitrogens with zero attached hydrogens (tertiary/aromatic N) is 1. The zero-order chi connectivity index (χ0) is 16.8. The van der Waals surface area contributed by atoms with Gasteiger partial charge >= 0.3 is 0 Å². The van der Waals surface area contributed by atoms with Gasteiger partial charge < -0.3 is 10.3 Å². The fourth-order valence-corrected chi connectivity index (χ4v) is 2.79. The SMILES string of the molecule is CCCCC(=O)Nc1ccccc1CCc1nc2ccccc2[nH]1. The molecule has 1 heterocycles. The third kappa shape index (κ3) is 4.02. The topological polar surface area (TPSA) is 57.8 Å². The number of fused-ring (bicyclic) bond motifs is 1. The minimum atomic E-state index is 0.0908. The molecule has 0 aliphatic rings. The lowest BCUT2D eigenvalue weighted by Crippen LogP contribution is -2.12. The molecule has 0 aliphatic heterocycles. The van der Waals surface area contributed by atoms with Crippen molar-refractivity contribution in [2.24, 2.45) is 0 Å². The Labute approximate surface area is 142 Å². The maximum atomic E-state index is 12.0. The average molecular weight is 321 g/mol. The highest BCUT2D eigenvalue weighted by Crippen LogP contribution is 2.19. The summed E-state index contributed by atoms with van der Waals surface area (Å²) in [4.78, 5) is 20.0. The second-order valence-corrected chi connectivity index (χ2v) is 6.01. The summed E-state index contributed by atoms with van der Waals surface area (Å²) in [6.45, 7) is 2.09. The number of carbonyl (C=O) groups excluding carboxylic acids is 1. The van der Waals surface area contributed by atoms with Gasteiger partial charge in [0.05, 0.1) is 11.0 Å². The van der Waals surface area contributed by atoms with Crippen molar-refractivity contribution in [1.82, 2.24) is 9.97 Å². The Morgan fingerprint density at radius 2 is 1.88 bits per heavy atom. The number of hydrogen-bond acceptors (Lipinski definition) is 2. The highest BCUT2D eigenvalue weighted by Gasteiger charge is 2.08. The molecule has 4 nitrogen and oxygen atoms in total. The van der Waals surface area contributed by atoms with Gasteiger partial charge in [0.1, 0.15) is 5.82 Å². The predicted octanol–water partition coefficient (Wildman–Crippen LogP) is 4.48. The molecular formula is C20H23N3O. The normalized spacial score (nSPS) is 10.9. The summed E-state index contributed by atoms with van der Waals surface area (Å²) in [6.07, 6.45) is 4.18. The number of amides is 1. The number of nitrogens with one attached hydrogen (secondary N) is 2. The summed E-state index contributed by atoms with van der Waals surface area (Å²) in [5.74, 6) is 1.07. The minimum Gasteiger partial charge on any atom is -0.342 e. The Morgan fingerprint density at radius 3 is 2.71 bits per heavy atom. The van der Waals surface area contributed by atoms with E-state index in [1.54, 1.807) is 0 Å². The van der Waals surface area contributed by atoms with Gasteiger partial charge in [-0.05, 0) is 36.6 Å². The molecule has 24 heavy (non-hydrogen) atoms. The molecule has 0 bridgehead atoms. The van der Waals surface area contributed by atoms with E-state index in [0.717, 1.165) is 53.8 Å². The quantitative estimate of drug-likeness (QED) is 0.674. The van der Waals surface area contributed by atoms with E-state index in [2.05, 4.69) is 28.3 Å². The second kappa shape index (κ2) is 7.77. The first kappa shape index (κ1) is 16.2. The van der Waals surface area contributed by atoms with Crippen LogP contribution in [-0.2, 0) is 17.6 Å². The van der Waals surface area contributed by atoms with E-state index >= 15 is 0 Å². The number of aryl methyl sites for hydroxylation is 2. The van der Waals surface area contributed by atoms with Crippen molar-refractivity contribution < 1.29 is 4.79 Å². The van der Waals surface area contributed by atoms with E-state index in [-0.39, 0.29) is 5.91 Å². The molecule has 0 fully saturated rings. The first-order valence-corrected chi connectivity index (χ1v) is 8.57. The number of para-hydroxylation sites is 3. The number of rotatable bonds is 7. The number of anilines is 1. The van der Waals surface area contributed by atoms with E-state index < -0.39 is 0 Å². The molecule has 0 radical (unpaired) electrons. The molecule has 1 amide bonds. The first-order valence-electron chi connectivity index (χ1n) is 8.57. The molecule has 124 valence electrons. The first-order chi connectivity index (χ1) is 11.8. The van der Waals surface area contributed by atoms with Gasteiger partial charge in [-0.25, -0.2) is 4.98 Å². The molecule has 3 rings (SSSR count). The zero-order valence-electron chi connectivity index (χ0n) is 14.0. The molecule has 0 saturated heterocycles. The van der Waals surface area contributed by atoms with Crippen LogP contribution < -0.4 is 5.32 Å². The third-order valence-corrected chi connectivity index (χ3v) is 4.12. The van der Waals surface area contributed by atoms with Gasteiger partial charge in [0.2, 0.25) is 5.91 Å². The van der Waals surface area contributed by atoms with Crippen LogP contribution >= 0.6 is 0 Å². The molecule has 2 aromatic carbocycles. The Morgan fingerprint density at radius 1 is 1.08 bits per heavy atom. The van der Waals surface area contributed by atoms with Crippen molar-refractivity contribution in [2.45, 2.75) is 39.0 Å². The van der Waals surface area contributed by atoms with Crippen LogP contribution in [0, 0.1) is 0 Å². The van der Waals surface area contributed by atoms with Crippen LogP contribution in [0.1, 0.15) is 37.6 Å². The number of hydrogen-bond donors (Lipinski definition) is 2. The largest absolute Gasteiger partial charge is 0.342 e. The predicted molar refractivity (Wildman–Crippen MR) is 98.1 cm³/mol. The Balaban J connectivity index is 1.67. The summed E-state index contributed by atoms with van der Waals surface area (Å²) < 4.78 is 0. The van der Waals surface area contributed by atoms with Gasteiger partial charge in [0.15, 0.2) is 0 Å². The Bertz CT molecular complexity index is 789. The fourth-order valence-electron chi connectivity index (χ4n) is 2.79. The van der Waals surface area contributed by atoms with Gasteiger partial charge in [-0.3, -0.25) is 4.79 Å². The van der Waals surface area contributed by atoms with Crippen molar-refractivity contribution in [3.63, 3.8) is 0 Å². The van der Waals surface area contributed by atoms with E-state index in [1.807, 2.05) is 42.5 Å². The molecule has 0 spiro atoms. The van der Waals surface area contributed by atoms with E-state index in [1.165, 1.54) is 0 Å². The van der Waals surface area contributed by atoms with Crippen LogP contribution in [0.2, 0.25) is 0 Å². The monoisotopic (exact) mass is 321 g/mol. The van der Waals surface area contributed by atoms with E-state index in [0.29, 0.717) is 6.42 Å². The fraction of sp³-hybridized carbons (Fsp3) is 0.300. The van der Waals surface area contributed by atoms with Gasteiger partial charge in [-0.15, -0.1) is 0 Å². The van der Waals surface area contributed by atoms with Crippen LogP contribution in [0.4, 0.5) is 5.69 Å². The molecular weight excluding hydrogens is 298 g/mol. The summed E-state index contributed by atoms with van der Waals surface area (Å²) in [5.41, 5.74) is 4.11. The lowest BCUT2D eigenvalue weighted by atomic mass is 10.1. The number of aromatic amines is 1. The van der Waals surface area contributed by atoms with Crippen molar-refractivity contribution >= 4 is 22.6 Å². The number of aromatic nitrogens is 2. The van der Waals surface area contributed by atoms with Crippen LogP contribution in [0.15, 0.2) is 48.5 Å². The number of H-pyrrole nitrogens is 1. The van der Waals surface area contributed by atoms with Gasteiger partial charge in [-0.1, -0.05) is 43.7 Å². The maximum Gasteiger partial charge on any atom is 0.224 e. The third-order valence-electron chi connectivity index (χ3n) is 4.12. The van der Waals surface area contributed by atoms with Gasteiger partial charge in [0.25, 0.3) is 0 Å². The van der Waals surface area contributed by atoms with Crippen LogP contribution in [-0.4, -0.2) is 15.9 Å². The Kier molecular flexibility index (Phi) is 5.26. The number of unbranched alkanes of at least 4 members (excludes halogenated alkanes) is 1. The number of imidazole rings is 1. The van der Waals surface area contributed by atoms with Crippen LogP contribution in [0.3, 0.4) is 0 Å². The summed E-state index contributed by atoms with van der Waals surface area (Å²) in [5, 5.41) is 3.04. The smallest absolute Gasteiger partial charge is 0.224 e. The van der Waals surface area contributed by atoms with Crippen molar-refractivity contribution in [3.8, 4) is 0 Å². The van der Waals surface area contributed by atoms with E-state index in [9.17, 15) is 4.79 Å². The maximum absolute atomic E-state index is 12.0. The summed E-state index contributed by atoms with van der Waals surface area (Å²) in [6, 6.07) is 16.1. The second-order valence-electron chi connectivity index (χ2n) is 6.01. The number of carbonyl (C=O) groups is 1. The summed E-state index contributed by atoms with van der Waals surface area (Å²) >= 11 is 0. The van der Waals surface area contributed by atoms with Crippen molar-refractivity contribution in [1.29, 1.82) is 0 Å². The highest BCUT2D eigenvalue weighted by molar-refractivity contribution is 5.91. The minimum absolute atomic E-state index is 0.0908. The lowest BCUT2D eigenvalue weighted by molar-refractivity contribution is -0.116. The number of benzene rings is 2. The standard InChI is InChI=1S/C20H23N3O/c1-2-3-12-20(24)23-16-9-5-4-8-15(16)13-14-19-21-17-10-6-7-11-18(17)22-19/h4-11H,2-3,12-14H2,1H3,(H,21,22)(H,23,24). The van der Waals surface area contributed by atoms with Crippen molar-refractivity contribution in [2.75, 3.05) is 5.32 Å². The molecule has 4 heteroatoms. The van der Waals surface area contributed by atoms with Crippen LogP contribution in [0.25, 0.3) is 11.0 Å². The van der Waals surface area contributed by atoms with Crippen molar-refractivity contribution in [3.05, 3.63) is 59.9 Å². The molecule has 2 N–H and O–H groups in total. The molecule has 0 unspecified atom stereocenters. The summed E-state index contributed by atoms with van der Waals surface area (Å²) in [7, 11) is 0. The Hall–Kier alpha value is -2.62. The molecule has 1 aromatic heterocycles. The molecule has 0 saturated carbocycles. The van der Waals surface area contributed by atoms with Gasteiger partial charge in [0, 0.05) is 18.5 Å².